The van der Waals surface area contributed by atoms with Gasteiger partial charge in [-0.1, -0.05) is 6.92 Å². The van der Waals surface area contributed by atoms with Crippen LogP contribution in [0.2, 0.25) is 0 Å². The van der Waals surface area contributed by atoms with E-state index in [4.69, 9.17) is 0 Å². The van der Waals surface area contributed by atoms with E-state index in [2.05, 4.69) is 30.1 Å². The molecular weight excluding hydrogens is 290 g/mol. The highest BCUT2D eigenvalue weighted by Crippen LogP contribution is 2.22. The van der Waals surface area contributed by atoms with Gasteiger partial charge < -0.3 is 15.1 Å². The summed E-state index contributed by atoms with van der Waals surface area (Å²) in [7, 11) is 0. The van der Waals surface area contributed by atoms with E-state index in [0.29, 0.717) is 6.54 Å². The van der Waals surface area contributed by atoms with Crippen LogP contribution in [-0.4, -0.2) is 42.9 Å². The topological polar surface area (TPSA) is 52.7 Å². The van der Waals surface area contributed by atoms with Gasteiger partial charge in [0.25, 0.3) is 0 Å². The molecular formula is C18H29N3O2. The van der Waals surface area contributed by atoms with Crippen LogP contribution in [0.15, 0.2) is 18.2 Å². The third-order valence-electron chi connectivity index (χ3n) is 3.89. The predicted molar refractivity (Wildman–Crippen MR) is 95.9 cm³/mol. The number of hydrogen-bond donors (Lipinski definition) is 1. The van der Waals surface area contributed by atoms with Gasteiger partial charge in [-0.05, 0) is 51.0 Å². The van der Waals surface area contributed by atoms with Crippen molar-refractivity contribution in [3.8, 4) is 0 Å². The number of nitrogens with one attached hydrogen (secondary N) is 1. The second kappa shape index (κ2) is 9.18. The lowest BCUT2D eigenvalue weighted by molar-refractivity contribution is -0.132. The third-order valence-corrected chi connectivity index (χ3v) is 3.89. The zero-order valence-electron chi connectivity index (χ0n) is 15.0. The molecule has 0 radical (unpaired) electrons. The molecule has 1 rings (SSSR count). The molecule has 5 nitrogen and oxygen atoms in total. The highest BCUT2D eigenvalue weighted by atomic mass is 16.2. The van der Waals surface area contributed by atoms with Crippen molar-refractivity contribution < 1.29 is 9.59 Å². The molecule has 0 spiro atoms. The number of hydrogen-bond acceptors (Lipinski definition) is 3. The lowest BCUT2D eigenvalue weighted by Gasteiger charge is -2.23. The van der Waals surface area contributed by atoms with Gasteiger partial charge in [0.1, 0.15) is 0 Å². The van der Waals surface area contributed by atoms with Crippen LogP contribution in [0.3, 0.4) is 0 Å². The Morgan fingerprint density at radius 3 is 2.26 bits per heavy atom. The first kappa shape index (κ1) is 19.0. The molecule has 0 unspecified atom stereocenters. The van der Waals surface area contributed by atoms with Gasteiger partial charge in [-0.2, -0.15) is 0 Å². The van der Waals surface area contributed by atoms with Crippen molar-refractivity contribution in [2.45, 2.75) is 41.0 Å². The summed E-state index contributed by atoms with van der Waals surface area (Å²) in [4.78, 5) is 27.5. The number of nitrogens with zero attached hydrogens (tertiary/aromatic N) is 2. The molecule has 1 aromatic rings. The quantitative estimate of drug-likeness (QED) is 0.801. The molecule has 0 aliphatic rings. The zero-order valence-corrected chi connectivity index (χ0v) is 15.0. The fraction of sp³-hybridized carbons (Fsp3) is 0.556. The summed E-state index contributed by atoms with van der Waals surface area (Å²) in [5, 5.41) is 2.90. The normalized spacial score (nSPS) is 10.3. The standard InChI is InChI=1S/C18H29N3O2/c1-6-11-21(15(5)22)13-18(23)19-17-10-9-16(12-14(17)4)20(7-2)8-3/h9-10,12H,6-8,11,13H2,1-5H3,(H,19,23). The number of aryl methyl sites for hydroxylation is 1. The molecule has 0 atom stereocenters. The first-order valence-corrected chi connectivity index (χ1v) is 8.33. The van der Waals surface area contributed by atoms with Crippen molar-refractivity contribution in [2.75, 3.05) is 36.4 Å². The lowest BCUT2D eigenvalue weighted by atomic mass is 10.1. The van der Waals surface area contributed by atoms with E-state index in [9.17, 15) is 9.59 Å². The second-order valence-electron chi connectivity index (χ2n) is 5.66. The fourth-order valence-corrected chi connectivity index (χ4v) is 2.55. The van der Waals surface area contributed by atoms with Gasteiger partial charge in [0.15, 0.2) is 0 Å². The average Bonchev–Trinajstić information content (AvgIpc) is 2.50. The molecule has 23 heavy (non-hydrogen) atoms. The van der Waals surface area contributed by atoms with Crippen molar-refractivity contribution in [2.24, 2.45) is 0 Å². The predicted octanol–water partition coefficient (Wildman–Crippen LogP) is 3.04. The molecule has 0 saturated carbocycles. The van der Waals surface area contributed by atoms with Gasteiger partial charge in [0.2, 0.25) is 11.8 Å². The van der Waals surface area contributed by atoms with Crippen LogP contribution < -0.4 is 10.2 Å². The maximum atomic E-state index is 12.2. The molecule has 0 saturated heterocycles. The van der Waals surface area contributed by atoms with E-state index in [0.717, 1.165) is 36.4 Å². The van der Waals surface area contributed by atoms with Crippen LogP contribution in [0.5, 0.6) is 0 Å². The number of rotatable bonds is 8. The van der Waals surface area contributed by atoms with Crippen molar-refractivity contribution in [1.82, 2.24) is 4.90 Å². The molecule has 0 aliphatic heterocycles. The summed E-state index contributed by atoms with van der Waals surface area (Å²) in [5.74, 6) is -0.233. The summed E-state index contributed by atoms with van der Waals surface area (Å²) in [6, 6.07) is 6.03. The van der Waals surface area contributed by atoms with Gasteiger partial charge in [-0.3, -0.25) is 9.59 Å². The molecule has 2 amide bonds. The molecule has 1 aromatic carbocycles. The zero-order chi connectivity index (χ0) is 17.4. The van der Waals surface area contributed by atoms with Crippen LogP contribution in [0.25, 0.3) is 0 Å². The Morgan fingerprint density at radius 1 is 1.13 bits per heavy atom. The van der Waals surface area contributed by atoms with Crippen molar-refractivity contribution >= 4 is 23.2 Å². The molecule has 0 aromatic heterocycles. The first-order valence-electron chi connectivity index (χ1n) is 8.33. The minimum absolute atomic E-state index is 0.0735. The Kier molecular flexibility index (Phi) is 7.59. The SMILES string of the molecule is CCCN(CC(=O)Nc1ccc(N(CC)CC)cc1C)C(C)=O. The third kappa shape index (κ3) is 5.58. The van der Waals surface area contributed by atoms with Crippen molar-refractivity contribution in [3.63, 3.8) is 0 Å². The van der Waals surface area contributed by atoms with Crippen LogP contribution in [0, 0.1) is 6.92 Å². The van der Waals surface area contributed by atoms with Crippen molar-refractivity contribution in [3.05, 3.63) is 23.8 Å². The highest BCUT2D eigenvalue weighted by molar-refractivity contribution is 5.95. The number of amides is 2. The summed E-state index contributed by atoms with van der Waals surface area (Å²) >= 11 is 0. The molecule has 0 fully saturated rings. The van der Waals surface area contributed by atoms with Crippen LogP contribution in [0.4, 0.5) is 11.4 Å². The Balaban J connectivity index is 2.77. The highest BCUT2D eigenvalue weighted by Gasteiger charge is 2.14. The Hall–Kier alpha value is -2.04. The van der Waals surface area contributed by atoms with Gasteiger partial charge >= 0.3 is 0 Å². The maximum Gasteiger partial charge on any atom is 0.244 e. The van der Waals surface area contributed by atoms with Crippen LogP contribution in [0.1, 0.15) is 39.7 Å². The fourth-order valence-electron chi connectivity index (χ4n) is 2.55. The van der Waals surface area contributed by atoms with Crippen LogP contribution >= 0.6 is 0 Å². The van der Waals surface area contributed by atoms with Gasteiger partial charge in [0, 0.05) is 37.9 Å². The summed E-state index contributed by atoms with van der Waals surface area (Å²) in [6.07, 6.45) is 0.838. The molecule has 0 aliphatic carbocycles. The lowest BCUT2D eigenvalue weighted by Crippen LogP contribution is -2.37. The monoisotopic (exact) mass is 319 g/mol. The van der Waals surface area contributed by atoms with E-state index in [1.165, 1.54) is 6.92 Å². The second-order valence-corrected chi connectivity index (χ2v) is 5.66. The van der Waals surface area contributed by atoms with E-state index in [1.807, 2.05) is 26.0 Å². The molecule has 128 valence electrons. The van der Waals surface area contributed by atoms with Crippen LogP contribution in [-0.2, 0) is 9.59 Å². The smallest absolute Gasteiger partial charge is 0.244 e. The Bertz CT molecular complexity index is 539. The summed E-state index contributed by atoms with van der Waals surface area (Å²) in [5.41, 5.74) is 2.97. The van der Waals surface area contributed by atoms with Gasteiger partial charge in [-0.25, -0.2) is 0 Å². The van der Waals surface area contributed by atoms with Crippen molar-refractivity contribution in [1.29, 1.82) is 0 Å². The van der Waals surface area contributed by atoms with E-state index < -0.39 is 0 Å². The molecule has 1 N–H and O–H groups in total. The minimum atomic E-state index is -0.160. The minimum Gasteiger partial charge on any atom is -0.372 e. The largest absolute Gasteiger partial charge is 0.372 e. The van der Waals surface area contributed by atoms with Gasteiger partial charge in [-0.15, -0.1) is 0 Å². The number of anilines is 2. The maximum absolute atomic E-state index is 12.2. The Morgan fingerprint density at radius 2 is 1.78 bits per heavy atom. The molecule has 0 bridgehead atoms. The first-order chi connectivity index (χ1) is 10.9. The number of carbonyl (C=O) groups is 2. The van der Waals surface area contributed by atoms with Gasteiger partial charge in [0.05, 0.1) is 6.54 Å². The van der Waals surface area contributed by atoms with E-state index in [-0.39, 0.29) is 18.4 Å². The summed E-state index contributed by atoms with van der Waals surface area (Å²) < 4.78 is 0. The molecule has 5 heteroatoms. The average molecular weight is 319 g/mol. The number of carbonyl (C=O) groups excluding carboxylic acids is 2. The Labute approximate surface area is 139 Å². The van der Waals surface area contributed by atoms with E-state index >= 15 is 0 Å². The number of benzene rings is 1. The molecule has 0 heterocycles. The summed E-state index contributed by atoms with van der Waals surface area (Å²) in [6.45, 7) is 12.3. The van der Waals surface area contributed by atoms with E-state index in [1.54, 1.807) is 4.90 Å².